The van der Waals surface area contributed by atoms with E-state index in [9.17, 15) is 13.2 Å². The monoisotopic (exact) mass is 363 g/mol. The lowest BCUT2D eigenvalue weighted by Gasteiger charge is -2.22. The molecule has 134 valence electrons. The second-order valence-corrected chi connectivity index (χ2v) is 5.80. The van der Waals surface area contributed by atoms with Crippen molar-refractivity contribution in [2.75, 3.05) is 39.3 Å². The van der Waals surface area contributed by atoms with E-state index in [-0.39, 0.29) is 5.02 Å². The summed E-state index contributed by atoms with van der Waals surface area (Å²) in [5.41, 5.74) is -0.417. The van der Waals surface area contributed by atoms with Crippen LogP contribution in [-0.2, 0) is 12.7 Å². The Bertz CT molecular complexity index is 550. The van der Waals surface area contributed by atoms with Gasteiger partial charge >= 0.3 is 6.18 Å². The maximum Gasteiger partial charge on any atom is 0.417 e. The third kappa shape index (κ3) is 6.18. The lowest BCUT2D eigenvalue weighted by atomic mass is 10.2. The van der Waals surface area contributed by atoms with Gasteiger partial charge in [0, 0.05) is 57.9 Å². The molecule has 0 bridgehead atoms. The fourth-order valence-electron chi connectivity index (χ4n) is 2.19. The smallest absolute Gasteiger partial charge is 0.388 e. The highest BCUT2D eigenvalue weighted by molar-refractivity contribution is 6.31. The molecule has 0 saturated heterocycles. The Morgan fingerprint density at radius 1 is 1.12 bits per heavy atom. The van der Waals surface area contributed by atoms with Crippen LogP contribution in [0.4, 0.5) is 13.2 Å². The van der Waals surface area contributed by atoms with Gasteiger partial charge < -0.3 is 20.9 Å². The van der Waals surface area contributed by atoms with Crippen molar-refractivity contribution in [1.82, 2.24) is 25.8 Å². The molecule has 0 atom stereocenters. The zero-order valence-electron chi connectivity index (χ0n) is 13.2. The predicted octanol–water partition coefficient (Wildman–Crippen LogP) is 1.81. The topological polar surface area (TPSA) is 52.2 Å². The van der Waals surface area contributed by atoms with E-state index in [0.717, 1.165) is 45.0 Å². The molecule has 5 nitrogen and oxygen atoms in total. The van der Waals surface area contributed by atoms with Crippen molar-refractivity contribution in [3.8, 4) is 0 Å². The highest BCUT2D eigenvalue weighted by atomic mass is 35.5. The van der Waals surface area contributed by atoms with E-state index in [2.05, 4.69) is 20.9 Å². The Labute approximate surface area is 144 Å². The van der Waals surface area contributed by atoms with Crippen LogP contribution in [-0.4, -0.2) is 49.2 Å². The van der Waals surface area contributed by atoms with Gasteiger partial charge in [0.15, 0.2) is 0 Å². The second kappa shape index (κ2) is 9.10. The molecule has 9 heteroatoms. The van der Waals surface area contributed by atoms with Gasteiger partial charge in [-0.1, -0.05) is 11.6 Å². The summed E-state index contributed by atoms with van der Waals surface area (Å²) in [5, 5.41) is 9.77. The molecule has 0 radical (unpaired) electrons. The van der Waals surface area contributed by atoms with Crippen LogP contribution in [0.3, 0.4) is 0 Å². The van der Waals surface area contributed by atoms with Crippen molar-refractivity contribution in [1.29, 1.82) is 0 Å². The number of nitrogens with one attached hydrogen (secondary N) is 3. The highest BCUT2D eigenvalue weighted by Crippen LogP contribution is 2.31. The van der Waals surface area contributed by atoms with Gasteiger partial charge in [-0.3, -0.25) is 4.98 Å². The van der Waals surface area contributed by atoms with Crippen LogP contribution in [0.2, 0.25) is 5.02 Å². The molecule has 0 saturated carbocycles. The van der Waals surface area contributed by atoms with Crippen molar-refractivity contribution < 1.29 is 13.2 Å². The standard InChI is InChI=1S/C15H21ClF3N5/c16-13-9-12(15(17,18)19)10-23-14(13)11-24-7-5-21-3-1-20-2-4-22-6-8-24/h5,7,9-10,20-22H,1-4,6,8,11H2. The van der Waals surface area contributed by atoms with Gasteiger partial charge in [-0.15, -0.1) is 0 Å². The molecule has 1 aromatic heterocycles. The van der Waals surface area contributed by atoms with Gasteiger partial charge in [-0.2, -0.15) is 13.2 Å². The summed E-state index contributed by atoms with van der Waals surface area (Å²) >= 11 is 5.98. The minimum Gasteiger partial charge on any atom is -0.388 e. The third-order valence-electron chi connectivity index (χ3n) is 3.50. The first-order valence-electron chi connectivity index (χ1n) is 7.74. The van der Waals surface area contributed by atoms with E-state index in [4.69, 9.17) is 11.6 Å². The predicted molar refractivity (Wildman–Crippen MR) is 87.5 cm³/mol. The molecular weight excluding hydrogens is 343 g/mol. The van der Waals surface area contributed by atoms with E-state index < -0.39 is 11.7 Å². The highest BCUT2D eigenvalue weighted by Gasteiger charge is 2.31. The molecule has 1 aliphatic heterocycles. The Kier molecular flexibility index (Phi) is 7.14. The second-order valence-electron chi connectivity index (χ2n) is 5.39. The van der Waals surface area contributed by atoms with E-state index >= 15 is 0 Å². The zero-order chi connectivity index (χ0) is 17.4. The van der Waals surface area contributed by atoms with Crippen molar-refractivity contribution in [2.45, 2.75) is 12.7 Å². The van der Waals surface area contributed by atoms with Crippen LogP contribution in [0, 0.1) is 0 Å². The largest absolute Gasteiger partial charge is 0.417 e. The normalized spacial score (nSPS) is 17.8. The number of hydrogen-bond donors (Lipinski definition) is 3. The summed E-state index contributed by atoms with van der Waals surface area (Å²) in [6.07, 6.45) is 0.0637. The SMILES string of the molecule is FC(F)(F)c1cnc(CN2C=CNCCNCCNCC2)c(Cl)c1. The van der Waals surface area contributed by atoms with E-state index in [1.807, 2.05) is 17.3 Å². The molecule has 2 rings (SSSR count). The maximum absolute atomic E-state index is 12.7. The first kappa shape index (κ1) is 18.8. The number of aromatic nitrogens is 1. The zero-order valence-corrected chi connectivity index (χ0v) is 13.9. The molecule has 0 fully saturated rings. The first-order valence-corrected chi connectivity index (χ1v) is 8.12. The van der Waals surface area contributed by atoms with Crippen LogP contribution in [0.1, 0.15) is 11.3 Å². The van der Waals surface area contributed by atoms with Crippen molar-refractivity contribution >= 4 is 11.6 Å². The number of halogens is 4. The Balaban J connectivity index is 2.04. The van der Waals surface area contributed by atoms with Crippen LogP contribution < -0.4 is 16.0 Å². The summed E-state index contributed by atoms with van der Waals surface area (Å²) in [7, 11) is 0. The van der Waals surface area contributed by atoms with Gasteiger partial charge in [-0.25, -0.2) is 0 Å². The molecule has 0 spiro atoms. The molecular formula is C15H21ClF3N5. The number of rotatable bonds is 2. The molecule has 0 aliphatic carbocycles. The number of hydrogen-bond acceptors (Lipinski definition) is 5. The molecule has 24 heavy (non-hydrogen) atoms. The molecule has 0 unspecified atom stereocenters. The summed E-state index contributed by atoms with van der Waals surface area (Å²) in [5.74, 6) is 0. The number of alkyl halides is 3. The molecule has 0 aromatic carbocycles. The third-order valence-corrected chi connectivity index (χ3v) is 3.83. The van der Waals surface area contributed by atoms with Gasteiger partial charge in [-0.05, 0) is 6.07 Å². The van der Waals surface area contributed by atoms with Crippen LogP contribution in [0.5, 0.6) is 0 Å². The van der Waals surface area contributed by atoms with E-state index in [1.54, 1.807) is 0 Å². The van der Waals surface area contributed by atoms with Gasteiger partial charge in [0.25, 0.3) is 0 Å². The summed E-state index contributed by atoms with van der Waals surface area (Å²) < 4.78 is 38.0. The quantitative estimate of drug-likeness (QED) is 0.748. The molecule has 3 N–H and O–H groups in total. The first-order chi connectivity index (χ1) is 11.5. The summed E-state index contributed by atoms with van der Waals surface area (Å²) in [4.78, 5) is 5.84. The fourth-order valence-corrected chi connectivity index (χ4v) is 2.41. The lowest BCUT2D eigenvalue weighted by Crippen LogP contribution is -2.36. The van der Waals surface area contributed by atoms with Crippen LogP contribution >= 0.6 is 11.6 Å². The Morgan fingerprint density at radius 2 is 1.83 bits per heavy atom. The maximum atomic E-state index is 12.7. The van der Waals surface area contributed by atoms with Crippen molar-refractivity contribution in [2.24, 2.45) is 0 Å². The number of nitrogens with zero attached hydrogens (tertiary/aromatic N) is 2. The average Bonchev–Trinajstić information content (AvgIpc) is 2.50. The Hall–Kier alpha value is -1.51. The summed E-state index contributed by atoms with van der Waals surface area (Å²) in [6.45, 7) is 5.19. The Morgan fingerprint density at radius 3 is 2.54 bits per heavy atom. The van der Waals surface area contributed by atoms with Gasteiger partial charge in [0.1, 0.15) is 0 Å². The fraction of sp³-hybridized carbons (Fsp3) is 0.533. The van der Waals surface area contributed by atoms with Crippen molar-refractivity contribution in [3.05, 3.63) is 40.9 Å². The van der Waals surface area contributed by atoms with Crippen LogP contribution in [0.25, 0.3) is 0 Å². The number of pyridine rings is 1. The van der Waals surface area contributed by atoms with Crippen LogP contribution in [0.15, 0.2) is 24.7 Å². The molecule has 2 heterocycles. The minimum absolute atomic E-state index is 0.0226. The van der Waals surface area contributed by atoms with Gasteiger partial charge in [0.2, 0.25) is 0 Å². The minimum atomic E-state index is -4.44. The van der Waals surface area contributed by atoms with E-state index in [0.29, 0.717) is 18.8 Å². The van der Waals surface area contributed by atoms with Gasteiger partial charge in [0.05, 0.1) is 22.8 Å². The average molecular weight is 364 g/mol. The molecule has 0 amide bonds. The van der Waals surface area contributed by atoms with Crippen molar-refractivity contribution in [3.63, 3.8) is 0 Å². The summed E-state index contributed by atoms with van der Waals surface area (Å²) in [6, 6.07) is 0.923. The molecule has 1 aliphatic rings. The van der Waals surface area contributed by atoms with E-state index in [1.165, 1.54) is 0 Å². The molecule has 1 aromatic rings. The lowest BCUT2D eigenvalue weighted by molar-refractivity contribution is -0.137.